The van der Waals surface area contributed by atoms with E-state index in [1.54, 1.807) is 6.92 Å². The zero-order valence-electron chi connectivity index (χ0n) is 17.0. The summed E-state index contributed by atoms with van der Waals surface area (Å²) in [6, 6.07) is 5.56. The number of rotatable bonds is 10. The van der Waals surface area contributed by atoms with Gasteiger partial charge < -0.3 is 23.9 Å². The summed E-state index contributed by atoms with van der Waals surface area (Å²) in [6.45, 7) is 12.6. The van der Waals surface area contributed by atoms with E-state index in [2.05, 4.69) is 26.1 Å². The molecule has 27 heavy (non-hydrogen) atoms. The summed E-state index contributed by atoms with van der Waals surface area (Å²) in [5.74, 6) is 0.395. The Balaban J connectivity index is 2.22. The first-order chi connectivity index (χ1) is 12.9. The minimum absolute atomic E-state index is 0.0871. The van der Waals surface area contributed by atoms with Crippen LogP contribution >= 0.6 is 0 Å². The molecule has 0 spiro atoms. The van der Waals surface area contributed by atoms with E-state index in [4.69, 9.17) is 18.6 Å². The molecule has 0 unspecified atom stereocenters. The Bertz CT molecular complexity index is 745. The SMILES string of the molecule is CCOCc1c(C(=O)OCC)oc2cccc(OCCCNC(C)(C)C)c12. The number of nitrogens with one attached hydrogen (secondary N) is 1. The van der Waals surface area contributed by atoms with Crippen LogP contribution in [0.5, 0.6) is 5.75 Å². The molecule has 0 atom stereocenters. The van der Waals surface area contributed by atoms with E-state index in [0.717, 1.165) is 18.4 Å². The number of hydrogen-bond donors (Lipinski definition) is 1. The quantitative estimate of drug-likeness (QED) is 0.492. The highest BCUT2D eigenvalue weighted by molar-refractivity contribution is 5.98. The summed E-state index contributed by atoms with van der Waals surface area (Å²) >= 11 is 0. The number of carbonyl (C=O) groups excluding carboxylic acids is 1. The van der Waals surface area contributed by atoms with Crippen LogP contribution in [0, 0.1) is 0 Å². The molecule has 0 aliphatic carbocycles. The van der Waals surface area contributed by atoms with Crippen molar-refractivity contribution in [3.05, 3.63) is 29.5 Å². The van der Waals surface area contributed by atoms with Crippen molar-refractivity contribution in [2.75, 3.05) is 26.4 Å². The zero-order valence-corrected chi connectivity index (χ0v) is 17.0. The van der Waals surface area contributed by atoms with E-state index in [1.807, 2.05) is 25.1 Å². The highest BCUT2D eigenvalue weighted by Gasteiger charge is 2.24. The normalized spacial score (nSPS) is 11.7. The Morgan fingerprint density at radius 2 is 1.96 bits per heavy atom. The molecule has 2 aromatic rings. The number of esters is 1. The lowest BCUT2D eigenvalue weighted by molar-refractivity contribution is 0.0483. The van der Waals surface area contributed by atoms with Gasteiger partial charge in [0.2, 0.25) is 5.76 Å². The molecule has 0 saturated heterocycles. The maximum atomic E-state index is 12.3. The van der Waals surface area contributed by atoms with Crippen LogP contribution in [0.2, 0.25) is 0 Å². The molecule has 0 aliphatic rings. The molecule has 0 amide bonds. The fourth-order valence-corrected chi connectivity index (χ4v) is 2.72. The predicted molar refractivity (Wildman–Crippen MR) is 105 cm³/mol. The van der Waals surface area contributed by atoms with E-state index >= 15 is 0 Å². The van der Waals surface area contributed by atoms with Crippen molar-refractivity contribution in [1.82, 2.24) is 5.32 Å². The minimum Gasteiger partial charge on any atom is -0.493 e. The second-order valence-corrected chi connectivity index (χ2v) is 7.28. The van der Waals surface area contributed by atoms with Gasteiger partial charge in [0.05, 0.1) is 25.2 Å². The Morgan fingerprint density at radius 1 is 1.19 bits per heavy atom. The van der Waals surface area contributed by atoms with Gasteiger partial charge in [-0.05, 0) is 59.7 Å². The summed E-state index contributed by atoms with van der Waals surface area (Å²) in [5.41, 5.74) is 1.36. The van der Waals surface area contributed by atoms with Gasteiger partial charge in [0, 0.05) is 17.7 Å². The lowest BCUT2D eigenvalue weighted by Crippen LogP contribution is -2.36. The van der Waals surface area contributed by atoms with Crippen LogP contribution in [0.3, 0.4) is 0 Å². The van der Waals surface area contributed by atoms with Crippen LogP contribution in [0.1, 0.15) is 57.2 Å². The first-order valence-corrected chi connectivity index (χ1v) is 9.54. The number of benzene rings is 1. The average Bonchev–Trinajstić information content (AvgIpc) is 2.98. The number of furan rings is 1. The molecule has 2 rings (SSSR count). The van der Waals surface area contributed by atoms with E-state index in [1.165, 1.54) is 0 Å². The van der Waals surface area contributed by atoms with Crippen LogP contribution < -0.4 is 10.1 Å². The predicted octanol–water partition coefficient (Wildman–Crippen LogP) is 4.30. The summed E-state index contributed by atoms with van der Waals surface area (Å²) in [7, 11) is 0. The average molecular weight is 377 g/mol. The molecule has 6 nitrogen and oxygen atoms in total. The fourth-order valence-electron chi connectivity index (χ4n) is 2.72. The molecule has 0 saturated carbocycles. The largest absolute Gasteiger partial charge is 0.493 e. The molecule has 1 heterocycles. The Labute approximate surface area is 161 Å². The van der Waals surface area contributed by atoms with Gasteiger partial charge in [0.15, 0.2) is 0 Å². The molecule has 6 heteroatoms. The second kappa shape index (κ2) is 9.76. The highest BCUT2D eigenvalue weighted by Crippen LogP contribution is 2.34. The molecule has 1 aromatic heterocycles. The van der Waals surface area contributed by atoms with Gasteiger partial charge in [-0.3, -0.25) is 0 Å². The number of hydrogen-bond acceptors (Lipinski definition) is 6. The van der Waals surface area contributed by atoms with Crippen molar-refractivity contribution in [3.8, 4) is 5.75 Å². The van der Waals surface area contributed by atoms with Gasteiger partial charge in [-0.15, -0.1) is 0 Å². The van der Waals surface area contributed by atoms with Gasteiger partial charge in [-0.2, -0.15) is 0 Å². The first-order valence-electron chi connectivity index (χ1n) is 9.54. The second-order valence-electron chi connectivity index (χ2n) is 7.28. The zero-order chi connectivity index (χ0) is 19.9. The maximum Gasteiger partial charge on any atom is 0.374 e. The molecule has 1 N–H and O–H groups in total. The third-order valence-corrected chi connectivity index (χ3v) is 3.92. The minimum atomic E-state index is -0.483. The van der Waals surface area contributed by atoms with Crippen molar-refractivity contribution < 1.29 is 23.4 Å². The summed E-state index contributed by atoms with van der Waals surface area (Å²) in [4.78, 5) is 12.3. The number of fused-ring (bicyclic) bond motifs is 1. The third kappa shape index (κ3) is 5.97. The van der Waals surface area contributed by atoms with Crippen LogP contribution in [-0.2, 0) is 16.1 Å². The molecular formula is C21H31NO5. The van der Waals surface area contributed by atoms with E-state index < -0.39 is 5.97 Å². The molecule has 0 radical (unpaired) electrons. The lowest BCUT2D eigenvalue weighted by atomic mass is 10.1. The molecule has 1 aromatic carbocycles. The van der Waals surface area contributed by atoms with Crippen LogP contribution in [0.4, 0.5) is 0 Å². The van der Waals surface area contributed by atoms with E-state index in [-0.39, 0.29) is 24.5 Å². The van der Waals surface area contributed by atoms with Crippen LogP contribution in [0.15, 0.2) is 22.6 Å². The van der Waals surface area contributed by atoms with Crippen molar-refractivity contribution in [3.63, 3.8) is 0 Å². The van der Waals surface area contributed by atoms with Crippen molar-refractivity contribution in [2.24, 2.45) is 0 Å². The molecule has 0 fully saturated rings. The maximum absolute atomic E-state index is 12.3. The topological polar surface area (TPSA) is 69.9 Å². The van der Waals surface area contributed by atoms with Crippen molar-refractivity contribution >= 4 is 16.9 Å². The molecule has 0 aliphatic heterocycles. The van der Waals surface area contributed by atoms with Gasteiger partial charge in [-0.25, -0.2) is 4.79 Å². The van der Waals surface area contributed by atoms with Gasteiger partial charge in [0.25, 0.3) is 0 Å². The van der Waals surface area contributed by atoms with E-state index in [9.17, 15) is 4.79 Å². The van der Waals surface area contributed by atoms with Gasteiger partial charge in [0.1, 0.15) is 11.3 Å². The third-order valence-electron chi connectivity index (χ3n) is 3.92. The number of carbonyl (C=O) groups is 1. The van der Waals surface area contributed by atoms with Crippen molar-refractivity contribution in [2.45, 2.75) is 53.2 Å². The first kappa shape index (κ1) is 21.3. The van der Waals surface area contributed by atoms with Crippen molar-refractivity contribution in [1.29, 1.82) is 0 Å². The van der Waals surface area contributed by atoms with Crippen LogP contribution in [-0.4, -0.2) is 37.9 Å². The monoisotopic (exact) mass is 377 g/mol. The Hall–Kier alpha value is -2.05. The lowest BCUT2D eigenvalue weighted by Gasteiger charge is -2.20. The number of ether oxygens (including phenoxy) is 3. The van der Waals surface area contributed by atoms with Gasteiger partial charge in [-0.1, -0.05) is 6.07 Å². The molecular weight excluding hydrogens is 346 g/mol. The van der Waals surface area contributed by atoms with Crippen LogP contribution in [0.25, 0.3) is 11.0 Å². The van der Waals surface area contributed by atoms with Gasteiger partial charge >= 0.3 is 5.97 Å². The highest BCUT2D eigenvalue weighted by atomic mass is 16.5. The standard InChI is InChI=1S/C21H31NO5/c1-6-24-14-15-18-16(26-13-9-12-22-21(3,4)5)10-8-11-17(18)27-19(15)20(23)25-7-2/h8,10-11,22H,6-7,9,12-14H2,1-5H3. The fraction of sp³-hybridized carbons (Fsp3) is 0.571. The molecule has 150 valence electrons. The summed E-state index contributed by atoms with van der Waals surface area (Å²) in [5, 5.41) is 4.21. The Kier molecular flexibility index (Phi) is 7.68. The summed E-state index contributed by atoms with van der Waals surface area (Å²) < 4.78 is 22.5. The Morgan fingerprint density at radius 3 is 2.63 bits per heavy atom. The van der Waals surface area contributed by atoms with E-state index in [0.29, 0.717) is 30.1 Å². The smallest absolute Gasteiger partial charge is 0.374 e. The summed E-state index contributed by atoms with van der Waals surface area (Å²) in [6.07, 6.45) is 0.872. The molecule has 0 bridgehead atoms.